The van der Waals surface area contributed by atoms with Crippen molar-refractivity contribution in [2.24, 2.45) is 0 Å². The fraction of sp³-hybridized carbons (Fsp3) is 0.167. The number of hydrogen-bond acceptors (Lipinski definition) is 3. The Kier molecular flexibility index (Phi) is 3.38. The number of hydrogen-bond donors (Lipinski definition) is 1. The Morgan fingerprint density at radius 2 is 1.95 bits per heavy atom. The average molecular weight is 305 g/mol. The first-order valence-electron chi connectivity index (χ1n) is 7.36. The lowest BCUT2D eigenvalue weighted by atomic mass is 10.1. The Balaban J connectivity index is 1.77. The molecule has 0 amide bonds. The minimum absolute atomic E-state index is 0.699. The van der Waals surface area contributed by atoms with Crippen molar-refractivity contribution in [1.82, 2.24) is 9.29 Å². The summed E-state index contributed by atoms with van der Waals surface area (Å²) < 4.78 is 2.25. The molecule has 1 N–H and O–H groups in total. The van der Waals surface area contributed by atoms with E-state index in [4.69, 9.17) is 5.26 Å². The third kappa shape index (κ3) is 2.29. The highest BCUT2D eigenvalue weighted by Crippen LogP contribution is 2.32. The molecule has 2 heterocycles. The number of nitriles is 1. The molecule has 22 heavy (non-hydrogen) atoms. The van der Waals surface area contributed by atoms with Gasteiger partial charge in [-0.1, -0.05) is 12.1 Å². The fourth-order valence-corrected chi connectivity index (χ4v) is 3.89. The smallest absolute Gasteiger partial charge is 0.0991 e. The highest BCUT2D eigenvalue weighted by Gasteiger charge is 2.15. The van der Waals surface area contributed by atoms with E-state index in [9.17, 15) is 0 Å². The van der Waals surface area contributed by atoms with Crippen LogP contribution in [0, 0.1) is 11.3 Å². The zero-order chi connectivity index (χ0) is 14.9. The molecule has 4 heteroatoms. The Labute approximate surface area is 133 Å². The summed E-state index contributed by atoms with van der Waals surface area (Å²) in [5, 5.41) is 13.8. The first-order valence-corrected chi connectivity index (χ1v) is 8.13. The Morgan fingerprint density at radius 1 is 1.09 bits per heavy atom. The minimum Gasteiger partial charge on any atom is -0.312 e. The SMILES string of the molecule is N#Cc1ccc(Sn2cc3c4c(cccc42)CNCC3)cc1. The van der Waals surface area contributed by atoms with Crippen LogP contribution in [0.25, 0.3) is 10.9 Å². The minimum atomic E-state index is 0.699. The first-order chi connectivity index (χ1) is 10.8. The molecule has 1 aliphatic rings. The second-order valence-electron chi connectivity index (χ2n) is 5.45. The van der Waals surface area contributed by atoms with Gasteiger partial charge in [0.25, 0.3) is 0 Å². The van der Waals surface area contributed by atoms with E-state index in [1.165, 1.54) is 22.0 Å². The highest BCUT2D eigenvalue weighted by atomic mass is 32.2. The summed E-state index contributed by atoms with van der Waals surface area (Å²) in [6.07, 6.45) is 3.32. The Bertz CT molecular complexity index is 872. The van der Waals surface area contributed by atoms with E-state index >= 15 is 0 Å². The summed E-state index contributed by atoms with van der Waals surface area (Å²) in [5.74, 6) is 0. The van der Waals surface area contributed by atoms with Crippen LogP contribution < -0.4 is 5.32 Å². The van der Waals surface area contributed by atoms with Gasteiger partial charge in [-0.15, -0.1) is 0 Å². The normalized spacial score (nSPS) is 13.8. The number of benzene rings is 2. The number of rotatable bonds is 2. The molecule has 0 unspecified atom stereocenters. The van der Waals surface area contributed by atoms with E-state index in [0.717, 1.165) is 24.4 Å². The Hall–Kier alpha value is -2.22. The van der Waals surface area contributed by atoms with Crippen molar-refractivity contribution in [2.75, 3.05) is 6.54 Å². The lowest BCUT2D eigenvalue weighted by Crippen LogP contribution is -2.13. The average Bonchev–Trinajstić information content (AvgIpc) is 2.77. The summed E-state index contributed by atoms with van der Waals surface area (Å²) in [5.41, 5.74) is 4.76. The van der Waals surface area contributed by atoms with Gasteiger partial charge in [-0.05, 0) is 66.4 Å². The van der Waals surface area contributed by atoms with Crippen molar-refractivity contribution < 1.29 is 0 Å². The summed E-state index contributed by atoms with van der Waals surface area (Å²) in [7, 11) is 0. The molecule has 1 aliphatic heterocycles. The van der Waals surface area contributed by atoms with Gasteiger partial charge in [0.05, 0.1) is 17.1 Å². The van der Waals surface area contributed by atoms with Crippen LogP contribution in [0.2, 0.25) is 0 Å². The molecular formula is C18H15N3S. The summed E-state index contributed by atoms with van der Waals surface area (Å²) >= 11 is 1.70. The van der Waals surface area contributed by atoms with E-state index in [1.807, 2.05) is 24.3 Å². The van der Waals surface area contributed by atoms with E-state index in [-0.39, 0.29) is 0 Å². The maximum atomic E-state index is 8.89. The van der Waals surface area contributed by atoms with E-state index in [0.29, 0.717) is 5.56 Å². The second-order valence-corrected chi connectivity index (χ2v) is 6.49. The number of aromatic nitrogens is 1. The van der Waals surface area contributed by atoms with Crippen LogP contribution in [0.3, 0.4) is 0 Å². The predicted octanol–water partition coefficient (Wildman–Crippen LogP) is 3.71. The molecule has 0 saturated heterocycles. The number of nitrogens with zero attached hydrogens (tertiary/aromatic N) is 2. The van der Waals surface area contributed by atoms with Crippen molar-refractivity contribution in [3.63, 3.8) is 0 Å². The highest BCUT2D eigenvalue weighted by molar-refractivity contribution is 7.98. The molecule has 0 aliphatic carbocycles. The zero-order valence-electron chi connectivity index (χ0n) is 12.0. The van der Waals surface area contributed by atoms with Crippen molar-refractivity contribution in [2.45, 2.75) is 17.9 Å². The van der Waals surface area contributed by atoms with Gasteiger partial charge >= 0.3 is 0 Å². The second kappa shape index (κ2) is 5.53. The Morgan fingerprint density at radius 3 is 2.77 bits per heavy atom. The van der Waals surface area contributed by atoms with Crippen molar-refractivity contribution in [1.29, 1.82) is 5.26 Å². The maximum Gasteiger partial charge on any atom is 0.0991 e. The first kappa shape index (κ1) is 13.4. The van der Waals surface area contributed by atoms with E-state index in [1.54, 1.807) is 11.9 Å². The molecule has 2 aromatic carbocycles. The number of nitrogens with one attached hydrogen (secondary N) is 1. The molecule has 0 bridgehead atoms. The molecule has 0 spiro atoms. The largest absolute Gasteiger partial charge is 0.312 e. The van der Waals surface area contributed by atoms with Gasteiger partial charge in [-0.3, -0.25) is 3.97 Å². The van der Waals surface area contributed by atoms with Crippen LogP contribution in [0.5, 0.6) is 0 Å². The molecule has 0 saturated carbocycles. The van der Waals surface area contributed by atoms with Crippen LogP contribution in [0.4, 0.5) is 0 Å². The quantitative estimate of drug-likeness (QED) is 0.784. The molecule has 0 atom stereocenters. The molecule has 3 nitrogen and oxygen atoms in total. The summed E-state index contributed by atoms with van der Waals surface area (Å²) in [6, 6.07) is 16.4. The van der Waals surface area contributed by atoms with Crippen molar-refractivity contribution in [3.8, 4) is 6.07 Å². The molecule has 0 radical (unpaired) electrons. The van der Waals surface area contributed by atoms with Gasteiger partial charge in [0.15, 0.2) is 0 Å². The maximum absolute atomic E-state index is 8.89. The monoisotopic (exact) mass is 305 g/mol. The summed E-state index contributed by atoms with van der Waals surface area (Å²) in [6.45, 7) is 1.96. The topological polar surface area (TPSA) is 40.8 Å². The van der Waals surface area contributed by atoms with Gasteiger partial charge in [-0.25, -0.2) is 0 Å². The van der Waals surface area contributed by atoms with Crippen LogP contribution in [0.1, 0.15) is 16.7 Å². The molecule has 1 aromatic heterocycles. The third-order valence-corrected chi connectivity index (χ3v) is 5.02. The van der Waals surface area contributed by atoms with E-state index in [2.05, 4.69) is 39.8 Å². The molecule has 0 fully saturated rings. The molecular weight excluding hydrogens is 290 g/mol. The van der Waals surface area contributed by atoms with Gasteiger partial charge in [0, 0.05) is 23.0 Å². The van der Waals surface area contributed by atoms with Crippen molar-refractivity contribution >= 4 is 22.9 Å². The van der Waals surface area contributed by atoms with Crippen LogP contribution in [-0.4, -0.2) is 10.5 Å². The van der Waals surface area contributed by atoms with Gasteiger partial charge in [0.2, 0.25) is 0 Å². The van der Waals surface area contributed by atoms with Crippen LogP contribution in [0.15, 0.2) is 53.6 Å². The predicted molar refractivity (Wildman–Crippen MR) is 89.8 cm³/mol. The van der Waals surface area contributed by atoms with E-state index < -0.39 is 0 Å². The molecule has 4 rings (SSSR count). The third-order valence-electron chi connectivity index (χ3n) is 4.03. The van der Waals surface area contributed by atoms with Crippen LogP contribution >= 0.6 is 11.9 Å². The zero-order valence-corrected chi connectivity index (χ0v) is 12.9. The molecule has 3 aromatic rings. The van der Waals surface area contributed by atoms with Gasteiger partial charge < -0.3 is 5.32 Å². The standard InChI is InChI=1S/C18H15N3S/c19-10-13-4-6-16(7-5-13)22-21-12-15-8-9-20-11-14-2-1-3-17(21)18(14)15/h1-7,12,20H,8-9,11H2. The van der Waals surface area contributed by atoms with Crippen molar-refractivity contribution in [3.05, 3.63) is 65.4 Å². The van der Waals surface area contributed by atoms with Crippen LogP contribution in [-0.2, 0) is 13.0 Å². The summed E-state index contributed by atoms with van der Waals surface area (Å²) in [4.78, 5) is 1.14. The lowest BCUT2D eigenvalue weighted by molar-refractivity contribution is 0.701. The molecule has 108 valence electrons. The van der Waals surface area contributed by atoms with Gasteiger partial charge in [0.1, 0.15) is 0 Å². The van der Waals surface area contributed by atoms with Gasteiger partial charge in [-0.2, -0.15) is 5.26 Å². The lowest BCUT2D eigenvalue weighted by Gasteiger charge is -2.06. The fourth-order valence-electron chi connectivity index (χ4n) is 2.98.